The summed E-state index contributed by atoms with van der Waals surface area (Å²) in [6.45, 7) is 0. The molecule has 0 unspecified atom stereocenters. The Bertz CT molecular complexity index is 1490. The maximum atomic E-state index is 14.0. The highest BCUT2D eigenvalue weighted by molar-refractivity contribution is 7.90. The summed E-state index contributed by atoms with van der Waals surface area (Å²) in [4.78, 5) is 4.28. The number of fused-ring (bicyclic) bond motifs is 2. The highest BCUT2D eigenvalue weighted by Gasteiger charge is 2.22. The van der Waals surface area contributed by atoms with Gasteiger partial charge in [-0.3, -0.25) is 0 Å². The van der Waals surface area contributed by atoms with E-state index in [1.54, 1.807) is 36.4 Å². The SMILES string of the molecule is O=S(=O)(c1ccccc1)n1cc(-c2ccc3nc(S)oc3c2)c2ccc(F)cc21. The van der Waals surface area contributed by atoms with Gasteiger partial charge in [-0.25, -0.2) is 21.8 Å². The molecule has 5 aromatic rings. The predicted molar refractivity (Wildman–Crippen MR) is 111 cm³/mol. The number of hydrogen-bond donors (Lipinski definition) is 1. The van der Waals surface area contributed by atoms with Crippen molar-refractivity contribution in [2.75, 3.05) is 0 Å². The molecule has 0 aliphatic heterocycles. The molecule has 0 aliphatic rings. The number of nitrogens with zero attached hydrogens (tertiary/aromatic N) is 2. The quantitative estimate of drug-likeness (QED) is 0.409. The van der Waals surface area contributed by atoms with Gasteiger partial charge in [0.1, 0.15) is 11.3 Å². The number of oxazole rings is 1. The van der Waals surface area contributed by atoms with Crippen LogP contribution in [0.5, 0.6) is 0 Å². The second kappa shape index (κ2) is 6.47. The standard InChI is InChI=1S/C21H13FN2O3S2/c22-14-7-8-16-17(13-6-9-18-20(10-13)27-21(28)23-18)12-24(19(16)11-14)29(25,26)15-4-2-1-3-5-15/h1-12H,(H,23,28). The van der Waals surface area contributed by atoms with Crippen LogP contribution in [-0.2, 0) is 10.0 Å². The summed E-state index contributed by atoms with van der Waals surface area (Å²) in [7, 11) is -3.91. The minimum absolute atomic E-state index is 0.123. The Morgan fingerprint density at radius 1 is 1.00 bits per heavy atom. The van der Waals surface area contributed by atoms with E-state index in [4.69, 9.17) is 4.42 Å². The Morgan fingerprint density at radius 3 is 2.59 bits per heavy atom. The number of hydrogen-bond acceptors (Lipinski definition) is 5. The lowest BCUT2D eigenvalue weighted by Crippen LogP contribution is -2.11. The Kier molecular flexibility index (Phi) is 4.01. The van der Waals surface area contributed by atoms with Crippen LogP contribution in [0.3, 0.4) is 0 Å². The molecule has 0 bridgehead atoms. The van der Waals surface area contributed by atoms with Gasteiger partial charge in [-0.2, -0.15) is 0 Å². The minimum atomic E-state index is -3.91. The van der Waals surface area contributed by atoms with E-state index in [1.807, 2.05) is 6.07 Å². The summed E-state index contributed by atoms with van der Waals surface area (Å²) < 4.78 is 47.0. The lowest BCUT2D eigenvalue weighted by Gasteiger charge is -2.07. The van der Waals surface area contributed by atoms with E-state index < -0.39 is 15.8 Å². The predicted octanol–water partition coefficient (Wildman–Crippen LogP) is 5.11. The van der Waals surface area contributed by atoms with Gasteiger partial charge in [-0.1, -0.05) is 36.9 Å². The lowest BCUT2D eigenvalue weighted by molar-refractivity contribution is 0.492. The zero-order valence-electron chi connectivity index (χ0n) is 14.8. The first-order valence-corrected chi connectivity index (χ1v) is 10.5. The highest BCUT2D eigenvalue weighted by atomic mass is 32.2. The van der Waals surface area contributed by atoms with Crippen molar-refractivity contribution in [3.05, 3.63) is 78.7 Å². The van der Waals surface area contributed by atoms with Crippen LogP contribution in [0.4, 0.5) is 4.39 Å². The van der Waals surface area contributed by atoms with E-state index in [0.29, 0.717) is 22.0 Å². The number of aromatic nitrogens is 2. The molecule has 5 nitrogen and oxygen atoms in total. The van der Waals surface area contributed by atoms with E-state index in [1.165, 1.54) is 30.5 Å². The Morgan fingerprint density at radius 2 is 1.79 bits per heavy atom. The fourth-order valence-electron chi connectivity index (χ4n) is 3.39. The zero-order valence-corrected chi connectivity index (χ0v) is 16.5. The van der Waals surface area contributed by atoms with Crippen LogP contribution in [0, 0.1) is 5.82 Å². The molecule has 2 heterocycles. The first-order chi connectivity index (χ1) is 13.9. The topological polar surface area (TPSA) is 65.1 Å². The lowest BCUT2D eigenvalue weighted by atomic mass is 10.0. The molecule has 0 amide bonds. The zero-order chi connectivity index (χ0) is 20.2. The van der Waals surface area contributed by atoms with Gasteiger partial charge in [0.15, 0.2) is 5.58 Å². The molecule has 0 saturated heterocycles. The van der Waals surface area contributed by atoms with Gasteiger partial charge in [0, 0.05) is 17.1 Å². The summed E-state index contributed by atoms with van der Waals surface area (Å²) in [6, 6.07) is 17.5. The molecule has 0 radical (unpaired) electrons. The molecule has 0 spiro atoms. The van der Waals surface area contributed by atoms with Crippen molar-refractivity contribution in [2.45, 2.75) is 10.1 Å². The van der Waals surface area contributed by atoms with Crippen LogP contribution in [-0.4, -0.2) is 17.4 Å². The van der Waals surface area contributed by atoms with Gasteiger partial charge in [-0.15, -0.1) is 0 Å². The van der Waals surface area contributed by atoms with Crippen LogP contribution in [0.1, 0.15) is 0 Å². The molecule has 144 valence electrons. The van der Waals surface area contributed by atoms with E-state index in [2.05, 4.69) is 17.6 Å². The van der Waals surface area contributed by atoms with Gasteiger partial charge in [0.2, 0.25) is 0 Å². The van der Waals surface area contributed by atoms with Gasteiger partial charge < -0.3 is 4.42 Å². The number of thiol groups is 1. The molecule has 0 atom stereocenters. The van der Waals surface area contributed by atoms with Gasteiger partial charge in [0.05, 0.1) is 10.4 Å². The number of rotatable bonds is 3. The van der Waals surface area contributed by atoms with Crippen LogP contribution in [0.15, 0.2) is 87.5 Å². The minimum Gasteiger partial charge on any atom is -0.432 e. The third kappa shape index (κ3) is 2.92. The van der Waals surface area contributed by atoms with Crippen molar-refractivity contribution in [1.29, 1.82) is 0 Å². The maximum Gasteiger partial charge on any atom is 0.268 e. The molecule has 0 aliphatic carbocycles. The van der Waals surface area contributed by atoms with Crippen molar-refractivity contribution in [2.24, 2.45) is 0 Å². The summed E-state index contributed by atoms with van der Waals surface area (Å²) in [5, 5.41) is 0.851. The molecule has 2 aromatic heterocycles. The fourth-order valence-corrected chi connectivity index (χ4v) is 4.97. The summed E-state index contributed by atoms with van der Waals surface area (Å²) in [6.07, 6.45) is 1.51. The average molecular weight is 424 g/mol. The molecule has 0 fully saturated rings. The first-order valence-electron chi connectivity index (χ1n) is 8.65. The Labute approximate surface area is 170 Å². The van der Waals surface area contributed by atoms with Crippen molar-refractivity contribution in [1.82, 2.24) is 8.96 Å². The second-order valence-corrected chi connectivity index (χ2v) is 8.69. The van der Waals surface area contributed by atoms with E-state index in [-0.39, 0.29) is 15.6 Å². The molecule has 0 N–H and O–H groups in total. The summed E-state index contributed by atoms with van der Waals surface area (Å²) in [5.74, 6) is -0.517. The second-order valence-electron chi connectivity index (χ2n) is 6.50. The van der Waals surface area contributed by atoms with Crippen molar-refractivity contribution in [3.8, 4) is 11.1 Å². The average Bonchev–Trinajstić information content (AvgIpc) is 3.27. The first kappa shape index (κ1) is 18.0. The molecule has 0 saturated carbocycles. The van der Waals surface area contributed by atoms with Crippen molar-refractivity contribution >= 4 is 44.7 Å². The summed E-state index contributed by atoms with van der Waals surface area (Å²) >= 11 is 4.11. The van der Waals surface area contributed by atoms with Crippen LogP contribution >= 0.6 is 12.6 Å². The molecule has 8 heteroatoms. The molecular weight excluding hydrogens is 411 g/mol. The normalized spacial score (nSPS) is 12.1. The molecule has 3 aromatic carbocycles. The number of halogens is 1. The highest BCUT2D eigenvalue weighted by Crippen LogP contribution is 2.35. The smallest absolute Gasteiger partial charge is 0.268 e. The Hall–Kier alpha value is -3.10. The molecular formula is C21H13FN2O3S2. The summed E-state index contributed by atoms with van der Waals surface area (Å²) in [5.41, 5.74) is 2.79. The molecule has 29 heavy (non-hydrogen) atoms. The monoisotopic (exact) mass is 424 g/mol. The third-order valence-electron chi connectivity index (χ3n) is 4.72. The van der Waals surface area contributed by atoms with Crippen LogP contribution in [0.25, 0.3) is 33.1 Å². The molecule has 5 rings (SSSR count). The largest absolute Gasteiger partial charge is 0.432 e. The van der Waals surface area contributed by atoms with Crippen LogP contribution < -0.4 is 0 Å². The van der Waals surface area contributed by atoms with E-state index in [9.17, 15) is 12.8 Å². The number of benzene rings is 3. The van der Waals surface area contributed by atoms with E-state index >= 15 is 0 Å². The van der Waals surface area contributed by atoms with Crippen LogP contribution in [0.2, 0.25) is 0 Å². The van der Waals surface area contributed by atoms with Gasteiger partial charge in [-0.05, 0) is 48.0 Å². The van der Waals surface area contributed by atoms with E-state index in [0.717, 1.165) is 9.54 Å². The van der Waals surface area contributed by atoms with Crippen molar-refractivity contribution < 1.29 is 17.2 Å². The van der Waals surface area contributed by atoms with Gasteiger partial charge in [0.25, 0.3) is 15.2 Å². The Balaban J connectivity index is 1.79. The maximum absolute atomic E-state index is 14.0. The third-order valence-corrected chi connectivity index (χ3v) is 6.60. The fraction of sp³-hybridized carbons (Fsp3) is 0. The van der Waals surface area contributed by atoms with Crippen molar-refractivity contribution in [3.63, 3.8) is 0 Å². The van der Waals surface area contributed by atoms with Gasteiger partial charge >= 0.3 is 0 Å².